The number of methoxy groups -OCH3 is 2. The van der Waals surface area contributed by atoms with Crippen molar-refractivity contribution >= 4 is 11.9 Å². The van der Waals surface area contributed by atoms with Crippen molar-refractivity contribution < 1.29 is 24.2 Å². The van der Waals surface area contributed by atoms with Crippen molar-refractivity contribution in [1.82, 2.24) is 0 Å². The van der Waals surface area contributed by atoms with Crippen molar-refractivity contribution in [2.75, 3.05) is 14.2 Å². The van der Waals surface area contributed by atoms with Gasteiger partial charge in [-0.25, -0.2) is 0 Å². The predicted octanol–water partition coefficient (Wildman–Crippen LogP) is 1.50. The maximum absolute atomic E-state index is 11.5. The van der Waals surface area contributed by atoms with Crippen LogP contribution in [-0.4, -0.2) is 31.3 Å². The highest BCUT2D eigenvalue weighted by Crippen LogP contribution is 2.18. The second-order valence-corrected chi connectivity index (χ2v) is 3.87. The molecule has 0 spiro atoms. The first-order chi connectivity index (χ1) is 8.56. The van der Waals surface area contributed by atoms with E-state index in [1.54, 1.807) is 25.3 Å². The molecule has 1 rings (SSSR count). The summed E-state index contributed by atoms with van der Waals surface area (Å²) in [7, 11) is 2.80. The first-order valence-electron chi connectivity index (χ1n) is 5.49. The van der Waals surface area contributed by atoms with Gasteiger partial charge in [0.15, 0.2) is 0 Å². The van der Waals surface area contributed by atoms with Gasteiger partial charge in [-0.15, -0.1) is 0 Å². The lowest BCUT2D eigenvalue weighted by Crippen LogP contribution is -2.22. The number of carbonyl (C=O) groups is 2. The largest absolute Gasteiger partial charge is 0.497 e. The van der Waals surface area contributed by atoms with Gasteiger partial charge in [-0.2, -0.15) is 0 Å². The van der Waals surface area contributed by atoms with Crippen LogP contribution in [0.4, 0.5) is 0 Å². The second kappa shape index (κ2) is 6.64. The Balaban J connectivity index is 2.81. The minimum absolute atomic E-state index is 0.246. The van der Waals surface area contributed by atoms with E-state index in [0.717, 1.165) is 5.56 Å². The van der Waals surface area contributed by atoms with E-state index in [0.29, 0.717) is 12.2 Å². The van der Waals surface area contributed by atoms with Crippen LogP contribution in [0.15, 0.2) is 24.3 Å². The van der Waals surface area contributed by atoms with Crippen molar-refractivity contribution in [2.45, 2.75) is 12.8 Å². The molecule has 0 fully saturated rings. The molecule has 0 heterocycles. The highest BCUT2D eigenvalue weighted by molar-refractivity contribution is 5.79. The lowest BCUT2D eigenvalue weighted by molar-refractivity contribution is -0.150. The Hall–Kier alpha value is -2.04. The number of aliphatic carboxylic acids is 1. The molecule has 98 valence electrons. The number of carbonyl (C=O) groups excluding carboxylic acids is 1. The van der Waals surface area contributed by atoms with E-state index >= 15 is 0 Å². The minimum atomic E-state index is -1.02. The number of hydrogen-bond acceptors (Lipinski definition) is 4. The van der Waals surface area contributed by atoms with Crippen molar-refractivity contribution in [3.63, 3.8) is 0 Å². The fourth-order valence-corrected chi connectivity index (χ4v) is 1.70. The number of ether oxygens (including phenoxy) is 2. The number of carboxylic acid groups (broad SMARTS) is 1. The number of carboxylic acids is 1. The first-order valence-corrected chi connectivity index (χ1v) is 5.49. The lowest BCUT2D eigenvalue weighted by Gasteiger charge is -2.13. The summed E-state index contributed by atoms with van der Waals surface area (Å²) in [5.41, 5.74) is 0.839. The second-order valence-electron chi connectivity index (χ2n) is 3.87. The molecule has 0 aliphatic heterocycles. The summed E-state index contributed by atoms with van der Waals surface area (Å²) in [6.07, 6.45) is 0.0695. The fraction of sp³-hybridized carbons (Fsp3) is 0.385. The van der Waals surface area contributed by atoms with Crippen LogP contribution in [0.5, 0.6) is 5.75 Å². The third-order valence-corrected chi connectivity index (χ3v) is 2.57. The van der Waals surface area contributed by atoms with Crippen LogP contribution < -0.4 is 4.74 Å². The smallest absolute Gasteiger partial charge is 0.309 e. The maximum atomic E-state index is 11.5. The molecule has 1 N–H and O–H groups in total. The summed E-state index contributed by atoms with van der Waals surface area (Å²) in [5.74, 6) is -1.54. The highest BCUT2D eigenvalue weighted by Gasteiger charge is 2.22. The van der Waals surface area contributed by atoms with E-state index in [-0.39, 0.29) is 6.42 Å². The Bertz CT molecular complexity index is 427. The molecule has 0 saturated carbocycles. The van der Waals surface area contributed by atoms with Crippen LogP contribution in [-0.2, 0) is 20.7 Å². The quantitative estimate of drug-likeness (QED) is 0.777. The number of esters is 1. The van der Waals surface area contributed by atoms with Gasteiger partial charge >= 0.3 is 11.9 Å². The molecule has 1 aromatic carbocycles. The average molecular weight is 252 g/mol. The van der Waals surface area contributed by atoms with E-state index < -0.39 is 17.9 Å². The summed E-state index contributed by atoms with van der Waals surface area (Å²) in [4.78, 5) is 22.2. The zero-order valence-corrected chi connectivity index (χ0v) is 10.4. The monoisotopic (exact) mass is 252 g/mol. The zero-order valence-electron chi connectivity index (χ0n) is 10.4. The molecule has 0 unspecified atom stereocenters. The third kappa shape index (κ3) is 4.08. The van der Waals surface area contributed by atoms with Gasteiger partial charge in [0.05, 0.1) is 26.6 Å². The van der Waals surface area contributed by atoms with Crippen LogP contribution in [0.2, 0.25) is 0 Å². The van der Waals surface area contributed by atoms with Crippen LogP contribution in [0.1, 0.15) is 12.0 Å². The summed E-state index contributed by atoms with van der Waals surface area (Å²) < 4.78 is 9.68. The van der Waals surface area contributed by atoms with Crippen molar-refractivity contribution in [3.8, 4) is 5.75 Å². The average Bonchev–Trinajstić information content (AvgIpc) is 2.36. The van der Waals surface area contributed by atoms with E-state index in [2.05, 4.69) is 4.74 Å². The van der Waals surface area contributed by atoms with E-state index in [4.69, 9.17) is 9.84 Å². The molecule has 5 heteroatoms. The van der Waals surface area contributed by atoms with Crippen LogP contribution in [0, 0.1) is 5.92 Å². The van der Waals surface area contributed by atoms with Gasteiger partial charge in [-0.1, -0.05) is 12.1 Å². The molecule has 0 aliphatic carbocycles. The van der Waals surface area contributed by atoms with Gasteiger partial charge < -0.3 is 14.6 Å². The number of benzene rings is 1. The van der Waals surface area contributed by atoms with Gasteiger partial charge in [0.25, 0.3) is 0 Å². The van der Waals surface area contributed by atoms with E-state index in [1.807, 2.05) is 6.07 Å². The Morgan fingerprint density at radius 2 is 2.06 bits per heavy atom. The molecule has 18 heavy (non-hydrogen) atoms. The van der Waals surface area contributed by atoms with Crippen LogP contribution in [0.25, 0.3) is 0 Å². The van der Waals surface area contributed by atoms with E-state index in [1.165, 1.54) is 7.11 Å². The van der Waals surface area contributed by atoms with Crippen molar-refractivity contribution in [1.29, 1.82) is 0 Å². The van der Waals surface area contributed by atoms with Gasteiger partial charge in [0.2, 0.25) is 0 Å². The fourth-order valence-electron chi connectivity index (χ4n) is 1.70. The summed E-state index contributed by atoms with van der Waals surface area (Å²) >= 11 is 0. The molecule has 0 amide bonds. The molecule has 0 aliphatic rings. The molecule has 5 nitrogen and oxygen atoms in total. The Morgan fingerprint density at radius 1 is 1.33 bits per heavy atom. The topological polar surface area (TPSA) is 72.8 Å². The van der Waals surface area contributed by atoms with Crippen LogP contribution >= 0.6 is 0 Å². The van der Waals surface area contributed by atoms with Gasteiger partial charge in [-0.3, -0.25) is 9.59 Å². The minimum Gasteiger partial charge on any atom is -0.497 e. The Labute approximate surface area is 105 Å². The van der Waals surface area contributed by atoms with Gasteiger partial charge in [0, 0.05) is 0 Å². The standard InChI is InChI=1S/C13H16O5/c1-17-11-5-3-4-9(7-11)6-10(8-12(14)15)13(16)18-2/h3-5,7,10H,6,8H2,1-2H3,(H,14,15)/t10-/m0/s1. The molecule has 0 bridgehead atoms. The lowest BCUT2D eigenvalue weighted by atomic mass is 9.96. The molecule has 1 atom stereocenters. The van der Waals surface area contributed by atoms with Crippen LogP contribution in [0.3, 0.4) is 0 Å². The normalized spacial score (nSPS) is 11.7. The zero-order chi connectivity index (χ0) is 13.5. The molecule has 1 aromatic rings. The molecule has 0 aromatic heterocycles. The van der Waals surface area contributed by atoms with Crippen molar-refractivity contribution in [2.24, 2.45) is 5.92 Å². The van der Waals surface area contributed by atoms with Gasteiger partial charge in [-0.05, 0) is 24.1 Å². The SMILES string of the molecule is COC(=O)[C@H](CC(=O)O)Cc1cccc(OC)c1. The molecular formula is C13H16O5. The van der Waals surface area contributed by atoms with Gasteiger partial charge in [0.1, 0.15) is 5.75 Å². The summed E-state index contributed by atoms with van der Waals surface area (Å²) in [6, 6.07) is 7.18. The maximum Gasteiger partial charge on any atom is 0.309 e. The third-order valence-electron chi connectivity index (χ3n) is 2.57. The van der Waals surface area contributed by atoms with Crippen molar-refractivity contribution in [3.05, 3.63) is 29.8 Å². The summed E-state index contributed by atoms with van der Waals surface area (Å²) in [5, 5.41) is 8.77. The van der Waals surface area contributed by atoms with E-state index in [9.17, 15) is 9.59 Å². The predicted molar refractivity (Wildman–Crippen MR) is 64.5 cm³/mol. The first kappa shape index (κ1) is 14.0. The summed E-state index contributed by atoms with van der Waals surface area (Å²) in [6.45, 7) is 0. The number of rotatable bonds is 6. The molecule has 0 saturated heterocycles. The Kier molecular flexibility index (Phi) is 5.17. The highest BCUT2D eigenvalue weighted by atomic mass is 16.5. The number of hydrogen-bond donors (Lipinski definition) is 1. The Morgan fingerprint density at radius 3 is 2.61 bits per heavy atom. The molecular weight excluding hydrogens is 236 g/mol. The molecule has 0 radical (unpaired) electrons.